The average Bonchev–Trinajstić information content (AvgIpc) is 2.37. The van der Waals surface area contributed by atoms with Crippen LogP contribution in [-0.4, -0.2) is 12.6 Å². The molecule has 0 saturated heterocycles. The Balaban J connectivity index is 2.30. The molecule has 1 aliphatic carbocycles. The van der Waals surface area contributed by atoms with Crippen LogP contribution in [0.1, 0.15) is 51.5 Å². The molecule has 0 aliphatic heterocycles. The van der Waals surface area contributed by atoms with Gasteiger partial charge in [0.1, 0.15) is 0 Å². The summed E-state index contributed by atoms with van der Waals surface area (Å²) < 4.78 is 0. The molecule has 1 aliphatic rings. The summed E-state index contributed by atoms with van der Waals surface area (Å²) in [5.74, 6) is 0.552. The Labute approximate surface area is 126 Å². The van der Waals surface area contributed by atoms with Crippen molar-refractivity contribution in [2.75, 3.05) is 6.54 Å². The van der Waals surface area contributed by atoms with Crippen LogP contribution < -0.4 is 5.32 Å². The number of rotatable bonds is 5. The van der Waals surface area contributed by atoms with E-state index >= 15 is 0 Å². The molecule has 1 nitrogen and oxygen atoms in total. The normalized spacial score (nSPS) is 25.1. The maximum Gasteiger partial charge on any atom is 0.0455 e. The van der Waals surface area contributed by atoms with E-state index in [-0.39, 0.29) is 0 Å². The molecule has 2 rings (SSSR count). The van der Waals surface area contributed by atoms with Crippen LogP contribution in [0.25, 0.3) is 0 Å². The molecule has 3 heteroatoms. The van der Waals surface area contributed by atoms with E-state index < -0.39 is 0 Å². The minimum Gasteiger partial charge on any atom is -0.314 e. The minimum atomic E-state index is 0.341. The maximum absolute atomic E-state index is 6.40. The van der Waals surface area contributed by atoms with Gasteiger partial charge in [-0.25, -0.2) is 0 Å². The zero-order valence-corrected chi connectivity index (χ0v) is 13.5. The first-order valence-corrected chi connectivity index (χ1v) is 8.03. The largest absolute Gasteiger partial charge is 0.314 e. The SMILES string of the molecule is CCNC1CC(c2ccc(Cl)cc2Cl)C1(CC)CC. The molecule has 0 spiro atoms. The number of hydrogen-bond donors (Lipinski definition) is 1. The number of hydrogen-bond acceptors (Lipinski definition) is 1. The summed E-state index contributed by atoms with van der Waals surface area (Å²) in [5.41, 5.74) is 1.61. The van der Waals surface area contributed by atoms with Gasteiger partial charge in [0.15, 0.2) is 0 Å². The van der Waals surface area contributed by atoms with Crippen molar-refractivity contribution in [2.24, 2.45) is 5.41 Å². The molecule has 106 valence electrons. The van der Waals surface area contributed by atoms with Gasteiger partial charge in [-0.3, -0.25) is 0 Å². The van der Waals surface area contributed by atoms with Crippen molar-refractivity contribution in [3.63, 3.8) is 0 Å². The van der Waals surface area contributed by atoms with E-state index in [0.717, 1.165) is 16.6 Å². The second-order valence-electron chi connectivity index (χ2n) is 5.50. The Hall–Kier alpha value is -0.240. The lowest BCUT2D eigenvalue weighted by molar-refractivity contribution is 0.0211. The molecule has 1 N–H and O–H groups in total. The van der Waals surface area contributed by atoms with E-state index in [9.17, 15) is 0 Å². The van der Waals surface area contributed by atoms with Crippen molar-refractivity contribution in [2.45, 2.75) is 52.0 Å². The Bertz CT molecular complexity index is 440. The quantitative estimate of drug-likeness (QED) is 0.781. The number of halogens is 2. The van der Waals surface area contributed by atoms with Gasteiger partial charge in [-0.05, 0) is 54.8 Å². The first-order chi connectivity index (χ1) is 9.08. The Morgan fingerprint density at radius 2 is 1.89 bits per heavy atom. The van der Waals surface area contributed by atoms with E-state index in [0.29, 0.717) is 17.4 Å². The Morgan fingerprint density at radius 3 is 2.42 bits per heavy atom. The van der Waals surface area contributed by atoms with Gasteiger partial charge in [0.25, 0.3) is 0 Å². The van der Waals surface area contributed by atoms with Crippen LogP contribution in [0.15, 0.2) is 18.2 Å². The first-order valence-electron chi connectivity index (χ1n) is 7.27. The van der Waals surface area contributed by atoms with Crippen LogP contribution in [0.2, 0.25) is 10.0 Å². The molecule has 2 atom stereocenters. The topological polar surface area (TPSA) is 12.0 Å². The Kier molecular flexibility index (Phi) is 4.81. The predicted octanol–water partition coefficient (Wildman–Crippen LogP) is 5.27. The van der Waals surface area contributed by atoms with Crippen LogP contribution in [0.5, 0.6) is 0 Å². The lowest BCUT2D eigenvalue weighted by atomic mass is 9.52. The van der Waals surface area contributed by atoms with Gasteiger partial charge in [-0.15, -0.1) is 0 Å². The summed E-state index contributed by atoms with van der Waals surface area (Å²) in [5, 5.41) is 5.17. The summed E-state index contributed by atoms with van der Waals surface area (Å²) in [6.07, 6.45) is 3.55. The number of nitrogens with one attached hydrogen (secondary N) is 1. The van der Waals surface area contributed by atoms with Gasteiger partial charge < -0.3 is 5.32 Å². The average molecular weight is 300 g/mol. The van der Waals surface area contributed by atoms with Gasteiger partial charge in [0.2, 0.25) is 0 Å². The molecule has 0 radical (unpaired) electrons. The molecule has 0 amide bonds. The maximum atomic E-state index is 6.40. The zero-order valence-electron chi connectivity index (χ0n) is 12.0. The monoisotopic (exact) mass is 299 g/mol. The highest BCUT2D eigenvalue weighted by atomic mass is 35.5. The number of benzene rings is 1. The van der Waals surface area contributed by atoms with E-state index in [1.165, 1.54) is 24.8 Å². The molecule has 1 aromatic carbocycles. The summed E-state index contributed by atoms with van der Waals surface area (Å²) in [6.45, 7) is 7.81. The molecule has 0 bridgehead atoms. The van der Waals surface area contributed by atoms with Crippen molar-refractivity contribution in [1.29, 1.82) is 0 Å². The summed E-state index contributed by atoms with van der Waals surface area (Å²) in [6, 6.07) is 6.55. The molecular weight excluding hydrogens is 277 g/mol. The van der Waals surface area contributed by atoms with Crippen molar-refractivity contribution < 1.29 is 0 Å². The van der Waals surface area contributed by atoms with Crippen LogP contribution in [-0.2, 0) is 0 Å². The van der Waals surface area contributed by atoms with Crippen LogP contribution in [0.4, 0.5) is 0 Å². The lowest BCUT2D eigenvalue weighted by Crippen LogP contribution is -2.58. The second kappa shape index (κ2) is 6.03. The molecule has 2 unspecified atom stereocenters. The third-order valence-electron chi connectivity index (χ3n) is 4.96. The molecule has 1 fully saturated rings. The van der Waals surface area contributed by atoms with Gasteiger partial charge >= 0.3 is 0 Å². The fraction of sp³-hybridized carbons (Fsp3) is 0.625. The van der Waals surface area contributed by atoms with Crippen LogP contribution in [0, 0.1) is 5.41 Å². The highest BCUT2D eigenvalue weighted by Gasteiger charge is 2.52. The molecule has 1 aromatic rings. The third kappa shape index (κ3) is 2.53. The second-order valence-corrected chi connectivity index (χ2v) is 6.35. The fourth-order valence-electron chi connectivity index (χ4n) is 3.78. The highest BCUT2D eigenvalue weighted by Crippen LogP contribution is 2.58. The smallest absolute Gasteiger partial charge is 0.0455 e. The molecule has 0 heterocycles. The standard InChI is InChI=1S/C16H23Cl2N/c1-4-16(5-2)13(10-15(16)19-6-3)12-8-7-11(17)9-14(12)18/h7-9,13,15,19H,4-6,10H2,1-3H3. The van der Waals surface area contributed by atoms with E-state index in [1.54, 1.807) is 0 Å². The molecular formula is C16H23Cl2N. The van der Waals surface area contributed by atoms with Gasteiger partial charge in [-0.2, -0.15) is 0 Å². The van der Waals surface area contributed by atoms with Crippen LogP contribution >= 0.6 is 23.2 Å². The third-order valence-corrected chi connectivity index (χ3v) is 5.53. The van der Waals surface area contributed by atoms with Crippen molar-refractivity contribution in [1.82, 2.24) is 5.32 Å². The summed E-state index contributed by atoms with van der Waals surface area (Å²) in [7, 11) is 0. The van der Waals surface area contributed by atoms with Crippen molar-refractivity contribution in [3.8, 4) is 0 Å². The molecule has 1 saturated carbocycles. The minimum absolute atomic E-state index is 0.341. The predicted molar refractivity (Wildman–Crippen MR) is 84.3 cm³/mol. The zero-order chi connectivity index (χ0) is 14.0. The van der Waals surface area contributed by atoms with Crippen molar-refractivity contribution in [3.05, 3.63) is 33.8 Å². The van der Waals surface area contributed by atoms with E-state index in [4.69, 9.17) is 23.2 Å². The van der Waals surface area contributed by atoms with E-state index in [2.05, 4.69) is 32.2 Å². The molecule has 19 heavy (non-hydrogen) atoms. The lowest BCUT2D eigenvalue weighted by Gasteiger charge is -2.57. The van der Waals surface area contributed by atoms with Crippen LogP contribution in [0.3, 0.4) is 0 Å². The fourth-order valence-corrected chi connectivity index (χ4v) is 4.32. The van der Waals surface area contributed by atoms with Gasteiger partial charge in [0.05, 0.1) is 0 Å². The summed E-state index contributed by atoms with van der Waals surface area (Å²) >= 11 is 12.4. The van der Waals surface area contributed by atoms with Gasteiger partial charge in [-0.1, -0.05) is 50.0 Å². The summed E-state index contributed by atoms with van der Waals surface area (Å²) in [4.78, 5) is 0. The van der Waals surface area contributed by atoms with Crippen molar-refractivity contribution >= 4 is 23.2 Å². The van der Waals surface area contributed by atoms with E-state index in [1.807, 2.05) is 12.1 Å². The highest BCUT2D eigenvalue weighted by molar-refractivity contribution is 6.35. The first kappa shape index (κ1) is 15.2. The molecule has 0 aromatic heterocycles. The van der Waals surface area contributed by atoms with Gasteiger partial charge in [0, 0.05) is 16.1 Å². The Morgan fingerprint density at radius 1 is 1.21 bits per heavy atom.